The summed E-state index contributed by atoms with van der Waals surface area (Å²) in [5.41, 5.74) is 0.441. The highest BCUT2D eigenvalue weighted by molar-refractivity contribution is 7.89. The van der Waals surface area contributed by atoms with Gasteiger partial charge in [-0.1, -0.05) is 0 Å². The van der Waals surface area contributed by atoms with E-state index in [1.54, 1.807) is 0 Å². The molecule has 0 saturated carbocycles. The smallest absolute Gasteiger partial charge is 0.243 e. The molecule has 1 aliphatic rings. The Morgan fingerprint density at radius 1 is 1.15 bits per heavy atom. The number of sulfonamides is 1. The molecule has 20 heavy (non-hydrogen) atoms. The number of nitrogens with zero attached hydrogens (tertiary/aromatic N) is 3. The van der Waals surface area contributed by atoms with E-state index in [1.165, 1.54) is 28.6 Å². The topological polar surface area (TPSA) is 84.6 Å². The standard InChI is InChI=1S/C13H17N3O3S/c14-11-12-1-3-13(4-2-12)20(18,19)16-7-5-15(6-8-16)9-10-17/h1-4,17H,5-10H2. The molecule has 1 N–H and O–H groups in total. The summed E-state index contributed by atoms with van der Waals surface area (Å²) in [6.45, 7) is 2.74. The maximum atomic E-state index is 12.4. The average Bonchev–Trinajstić information content (AvgIpc) is 2.48. The first-order valence-electron chi connectivity index (χ1n) is 6.41. The Bertz CT molecular complexity index is 584. The van der Waals surface area contributed by atoms with Crippen LogP contribution in [0.15, 0.2) is 29.2 Å². The van der Waals surface area contributed by atoms with Crippen molar-refractivity contribution in [3.63, 3.8) is 0 Å². The number of β-amino-alcohol motifs (C(OH)–C–C–N with tert-alkyl or cyclic N) is 1. The van der Waals surface area contributed by atoms with E-state index in [4.69, 9.17) is 10.4 Å². The van der Waals surface area contributed by atoms with Crippen molar-refractivity contribution < 1.29 is 13.5 Å². The third-order valence-electron chi connectivity index (χ3n) is 3.37. The Morgan fingerprint density at radius 3 is 2.25 bits per heavy atom. The van der Waals surface area contributed by atoms with E-state index < -0.39 is 10.0 Å². The van der Waals surface area contributed by atoms with Crippen molar-refractivity contribution in [1.82, 2.24) is 9.21 Å². The highest BCUT2D eigenvalue weighted by Crippen LogP contribution is 2.18. The lowest BCUT2D eigenvalue weighted by atomic mass is 10.2. The van der Waals surface area contributed by atoms with Crippen LogP contribution < -0.4 is 0 Å². The van der Waals surface area contributed by atoms with Crippen LogP contribution in [-0.2, 0) is 10.0 Å². The van der Waals surface area contributed by atoms with Gasteiger partial charge in [-0.15, -0.1) is 0 Å². The minimum absolute atomic E-state index is 0.0857. The van der Waals surface area contributed by atoms with Gasteiger partial charge < -0.3 is 5.11 Å². The molecule has 1 heterocycles. The van der Waals surface area contributed by atoms with Crippen molar-refractivity contribution in [2.45, 2.75) is 4.90 Å². The van der Waals surface area contributed by atoms with Crippen LogP contribution in [0.3, 0.4) is 0 Å². The molecule has 0 spiro atoms. The summed E-state index contributed by atoms with van der Waals surface area (Å²) in [5.74, 6) is 0. The third kappa shape index (κ3) is 3.16. The summed E-state index contributed by atoms with van der Waals surface area (Å²) in [5, 5.41) is 17.6. The monoisotopic (exact) mass is 295 g/mol. The molecular formula is C13H17N3O3S. The lowest BCUT2D eigenvalue weighted by Gasteiger charge is -2.33. The summed E-state index contributed by atoms with van der Waals surface area (Å²) < 4.78 is 26.3. The second-order valence-electron chi connectivity index (χ2n) is 4.61. The average molecular weight is 295 g/mol. The van der Waals surface area contributed by atoms with E-state index >= 15 is 0 Å². The van der Waals surface area contributed by atoms with Crippen molar-refractivity contribution >= 4 is 10.0 Å². The summed E-state index contributed by atoms with van der Waals surface area (Å²) in [6.07, 6.45) is 0. The van der Waals surface area contributed by atoms with Gasteiger partial charge in [0.15, 0.2) is 0 Å². The molecule has 1 fully saturated rings. The zero-order chi connectivity index (χ0) is 14.6. The van der Waals surface area contributed by atoms with E-state index in [1.807, 2.05) is 11.0 Å². The largest absolute Gasteiger partial charge is 0.395 e. The van der Waals surface area contributed by atoms with Gasteiger partial charge >= 0.3 is 0 Å². The first kappa shape index (κ1) is 14.9. The van der Waals surface area contributed by atoms with E-state index in [-0.39, 0.29) is 11.5 Å². The van der Waals surface area contributed by atoms with Crippen LogP contribution in [0, 0.1) is 11.3 Å². The number of hydrogen-bond acceptors (Lipinski definition) is 5. The Hall–Kier alpha value is -1.46. The molecule has 1 aromatic carbocycles. The fraction of sp³-hybridized carbons (Fsp3) is 0.462. The number of rotatable bonds is 4. The SMILES string of the molecule is N#Cc1ccc(S(=O)(=O)N2CCN(CCO)CC2)cc1. The summed E-state index contributed by atoms with van der Waals surface area (Å²) in [6, 6.07) is 7.92. The van der Waals surface area contributed by atoms with Crippen LogP contribution in [0.2, 0.25) is 0 Å². The molecule has 1 aliphatic heterocycles. The van der Waals surface area contributed by atoms with Gasteiger partial charge in [0.25, 0.3) is 0 Å². The zero-order valence-electron chi connectivity index (χ0n) is 11.1. The Morgan fingerprint density at radius 2 is 1.75 bits per heavy atom. The molecule has 108 valence electrons. The Kier molecular flexibility index (Phi) is 4.73. The number of nitriles is 1. The zero-order valence-corrected chi connectivity index (χ0v) is 11.9. The van der Waals surface area contributed by atoms with Gasteiger partial charge in [0.2, 0.25) is 10.0 Å². The van der Waals surface area contributed by atoms with E-state index in [0.717, 1.165) is 0 Å². The highest BCUT2D eigenvalue weighted by atomic mass is 32.2. The molecule has 0 radical (unpaired) electrons. The fourth-order valence-electron chi connectivity index (χ4n) is 2.19. The highest BCUT2D eigenvalue weighted by Gasteiger charge is 2.28. The van der Waals surface area contributed by atoms with Crippen LogP contribution in [0.5, 0.6) is 0 Å². The predicted molar refractivity (Wildman–Crippen MR) is 73.4 cm³/mol. The molecule has 7 heteroatoms. The molecule has 0 aliphatic carbocycles. The van der Waals surface area contributed by atoms with Gasteiger partial charge in [0.1, 0.15) is 0 Å². The molecule has 0 unspecified atom stereocenters. The lowest BCUT2D eigenvalue weighted by Crippen LogP contribution is -2.49. The van der Waals surface area contributed by atoms with Crippen molar-refractivity contribution in [2.24, 2.45) is 0 Å². The van der Waals surface area contributed by atoms with E-state index in [0.29, 0.717) is 38.3 Å². The lowest BCUT2D eigenvalue weighted by molar-refractivity contribution is 0.151. The normalized spacial score (nSPS) is 17.8. The second-order valence-corrected chi connectivity index (χ2v) is 6.54. The molecule has 0 bridgehead atoms. The quantitative estimate of drug-likeness (QED) is 0.835. The number of aliphatic hydroxyl groups excluding tert-OH is 1. The van der Waals surface area contributed by atoms with Crippen molar-refractivity contribution in [1.29, 1.82) is 5.26 Å². The summed E-state index contributed by atoms with van der Waals surface area (Å²) in [4.78, 5) is 2.25. The van der Waals surface area contributed by atoms with E-state index in [9.17, 15) is 8.42 Å². The maximum Gasteiger partial charge on any atom is 0.243 e. The molecule has 0 amide bonds. The number of piperazine rings is 1. The molecule has 1 saturated heterocycles. The second kappa shape index (κ2) is 6.33. The minimum Gasteiger partial charge on any atom is -0.395 e. The molecular weight excluding hydrogens is 278 g/mol. The first-order chi connectivity index (χ1) is 9.57. The van der Waals surface area contributed by atoms with Gasteiger partial charge in [-0.25, -0.2) is 8.42 Å². The van der Waals surface area contributed by atoms with Crippen molar-refractivity contribution in [2.75, 3.05) is 39.3 Å². The predicted octanol–water partition coefficient (Wildman–Crippen LogP) is -0.143. The van der Waals surface area contributed by atoms with Gasteiger partial charge in [-0.3, -0.25) is 4.90 Å². The van der Waals surface area contributed by atoms with Crippen LogP contribution in [0.25, 0.3) is 0 Å². The number of hydrogen-bond donors (Lipinski definition) is 1. The van der Waals surface area contributed by atoms with Crippen LogP contribution in [0.4, 0.5) is 0 Å². The first-order valence-corrected chi connectivity index (χ1v) is 7.85. The molecule has 0 aromatic heterocycles. The molecule has 1 aromatic rings. The Balaban J connectivity index is 2.09. The van der Waals surface area contributed by atoms with E-state index in [2.05, 4.69) is 0 Å². The maximum absolute atomic E-state index is 12.4. The Labute approximate surface area is 118 Å². The van der Waals surface area contributed by atoms with Crippen LogP contribution in [0.1, 0.15) is 5.56 Å². The molecule has 2 rings (SSSR count). The van der Waals surface area contributed by atoms with Crippen molar-refractivity contribution in [3.05, 3.63) is 29.8 Å². The molecule has 6 nitrogen and oxygen atoms in total. The summed E-state index contributed by atoms with van der Waals surface area (Å²) >= 11 is 0. The summed E-state index contributed by atoms with van der Waals surface area (Å²) in [7, 11) is -3.49. The van der Waals surface area contributed by atoms with Crippen LogP contribution in [-0.4, -0.2) is 62.1 Å². The van der Waals surface area contributed by atoms with Crippen molar-refractivity contribution in [3.8, 4) is 6.07 Å². The van der Waals surface area contributed by atoms with Crippen LogP contribution >= 0.6 is 0 Å². The van der Waals surface area contributed by atoms with Gasteiger partial charge in [0.05, 0.1) is 23.1 Å². The minimum atomic E-state index is -3.49. The molecule has 0 atom stereocenters. The van der Waals surface area contributed by atoms with Gasteiger partial charge in [-0.05, 0) is 24.3 Å². The van der Waals surface area contributed by atoms with Gasteiger partial charge in [-0.2, -0.15) is 9.57 Å². The number of aliphatic hydroxyl groups is 1. The third-order valence-corrected chi connectivity index (χ3v) is 5.28. The fourth-order valence-corrected chi connectivity index (χ4v) is 3.61. The number of benzene rings is 1. The van der Waals surface area contributed by atoms with Gasteiger partial charge in [0, 0.05) is 32.7 Å².